The van der Waals surface area contributed by atoms with Crippen LogP contribution >= 0.6 is 0 Å². The molecule has 0 spiro atoms. The lowest BCUT2D eigenvalue weighted by atomic mass is 10.1. The van der Waals surface area contributed by atoms with E-state index in [0.717, 1.165) is 50.5 Å². The first kappa shape index (κ1) is 17.9. The molecule has 2 aliphatic heterocycles. The quantitative estimate of drug-likeness (QED) is 0.600. The van der Waals surface area contributed by atoms with Gasteiger partial charge in [-0.05, 0) is 12.1 Å². The monoisotopic (exact) mass is 352 g/mol. The van der Waals surface area contributed by atoms with Crippen LogP contribution < -0.4 is 15.4 Å². The molecule has 1 aromatic rings. The van der Waals surface area contributed by atoms with E-state index in [9.17, 15) is 4.39 Å². The fourth-order valence-corrected chi connectivity index (χ4v) is 2.94. The normalized spacial score (nSPS) is 18.4. The maximum Gasteiger partial charge on any atom is 0.191 e. The summed E-state index contributed by atoms with van der Waals surface area (Å²) < 4.78 is 29.8. The van der Waals surface area contributed by atoms with E-state index in [1.165, 1.54) is 12.1 Å². The van der Waals surface area contributed by atoms with Crippen LogP contribution in [0.2, 0.25) is 0 Å². The van der Waals surface area contributed by atoms with Crippen molar-refractivity contribution in [2.75, 3.05) is 53.2 Å². The minimum absolute atomic E-state index is 0.193. The summed E-state index contributed by atoms with van der Waals surface area (Å²) in [6.07, 6.45) is 0. The predicted octanol–water partition coefficient (Wildman–Crippen LogP) is 0.689. The fourth-order valence-electron chi connectivity index (χ4n) is 2.94. The Kier molecular flexibility index (Phi) is 6.43. The molecule has 0 unspecified atom stereocenters. The summed E-state index contributed by atoms with van der Waals surface area (Å²) in [7, 11) is 1.72. The molecule has 2 aliphatic rings. The van der Waals surface area contributed by atoms with Crippen molar-refractivity contribution < 1.29 is 18.6 Å². The molecular formula is C17H25FN4O3. The van der Waals surface area contributed by atoms with Gasteiger partial charge in [0.2, 0.25) is 0 Å². The first-order chi connectivity index (χ1) is 12.3. The highest BCUT2D eigenvalue weighted by molar-refractivity contribution is 5.79. The molecule has 0 bridgehead atoms. The largest absolute Gasteiger partial charge is 0.467 e. The van der Waals surface area contributed by atoms with Crippen LogP contribution in [0.5, 0.6) is 5.75 Å². The van der Waals surface area contributed by atoms with Crippen LogP contribution in [0.1, 0.15) is 11.1 Å². The SMILES string of the molecule is CN=C(NCCN1CCOCC1)NCc1cc(F)cc2c1OCOC2. The van der Waals surface area contributed by atoms with Gasteiger partial charge in [0.25, 0.3) is 0 Å². The molecule has 25 heavy (non-hydrogen) atoms. The maximum atomic E-state index is 13.8. The van der Waals surface area contributed by atoms with Crippen molar-refractivity contribution in [3.05, 3.63) is 29.1 Å². The average molecular weight is 352 g/mol. The van der Waals surface area contributed by atoms with E-state index in [0.29, 0.717) is 24.9 Å². The molecule has 3 rings (SSSR count). The van der Waals surface area contributed by atoms with E-state index in [4.69, 9.17) is 14.2 Å². The third kappa shape index (κ3) is 5.04. The summed E-state index contributed by atoms with van der Waals surface area (Å²) in [6, 6.07) is 2.94. The Labute approximate surface area is 147 Å². The molecule has 2 heterocycles. The Morgan fingerprint density at radius 2 is 2.08 bits per heavy atom. The molecule has 1 aromatic carbocycles. The lowest BCUT2D eigenvalue weighted by Crippen LogP contribution is -2.44. The van der Waals surface area contributed by atoms with Crippen molar-refractivity contribution in [3.8, 4) is 5.75 Å². The first-order valence-electron chi connectivity index (χ1n) is 8.52. The van der Waals surface area contributed by atoms with Crippen molar-refractivity contribution >= 4 is 5.96 Å². The molecule has 1 fully saturated rings. The van der Waals surface area contributed by atoms with Crippen LogP contribution in [0, 0.1) is 5.82 Å². The van der Waals surface area contributed by atoms with Gasteiger partial charge in [0.05, 0.1) is 19.8 Å². The molecule has 0 aromatic heterocycles. The van der Waals surface area contributed by atoms with Crippen LogP contribution in [0.15, 0.2) is 17.1 Å². The summed E-state index contributed by atoms with van der Waals surface area (Å²) in [5.74, 6) is 1.09. The van der Waals surface area contributed by atoms with Crippen molar-refractivity contribution in [1.29, 1.82) is 0 Å². The number of benzene rings is 1. The number of hydrogen-bond donors (Lipinski definition) is 2. The van der Waals surface area contributed by atoms with Crippen molar-refractivity contribution in [3.63, 3.8) is 0 Å². The van der Waals surface area contributed by atoms with Gasteiger partial charge in [-0.25, -0.2) is 4.39 Å². The van der Waals surface area contributed by atoms with E-state index in [1.54, 1.807) is 7.05 Å². The number of halogens is 1. The van der Waals surface area contributed by atoms with Gasteiger partial charge in [-0.1, -0.05) is 0 Å². The van der Waals surface area contributed by atoms with Gasteiger partial charge in [0.1, 0.15) is 11.6 Å². The van der Waals surface area contributed by atoms with Crippen LogP contribution in [-0.2, 0) is 22.6 Å². The highest BCUT2D eigenvalue weighted by Crippen LogP contribution is 2.29. The highest BCUT2D eigenvalue weighted by Gasteiger charge is 2.17. The molecule has 0 saturated carbocycles. The summed E-state index contributed by atoms with van der Waals surface area (Å²) >= 11 is 0. The van der Waals surface area contributed by atoms with E-state index >= 15 is 0 Å². The Morgan fingerprint density at radius 3 is 2.88 bits per heavy atom. The van der Waals surface area contributed by atoms with Crippen molar-refractivity contribution in [2.45, 2.75) is 13.2 Å². The molecule has 0 atom stereocenters. The maximum absolute atomic E-state index is 13.8. The van der Waals surface area contributed by atoms with Gasteiger partial charge in [-0.15, -0.1) is 0 Å². The lowest BCUT2D eigenvalue weighted by molar-refractivity contribution is -0.0172. The molecule has 0 aliphatic carbocycles. The van der Waals surface area contributed by atoms with Crippen LogP contribution in [-0.4, -0.2) is 64.1 Å². The molecular weight excluding hydrogens is 327 g/mol. The summed E-state index contributed by atoms with van der Waals surface area (Å²) in [5, 5.41) is 6.49. The number of guanidine groups is 1. The van der Waals surface area contributed by atoms with Gasteiger partial charge in [-0.3, -0.25) is 9.89 Å². The molecule has 1 saturated heterocycles. The molecule has 7 nitrogen and oxygen atoms in total. The fraction of sp³-hybridized carbons (Fsp3) is 0.588. The Morgan fingerprint density at radius 1 is 1.24 bits per heavy atom. The summed E-state index contributed by atoms with van der Waals surface area (Å²) in [6.45, 7) is 6.21. The average Bonchev–Trinajstić information content (AvgIpc) is 2.65. The van der Waals surface area contributed by atoms with Gasteiger partial charge < -0.3 is 24.8 Å². The van der Waals surface area contributed by atoms with Gasteiger partial charge in [-0.2, -0.15) is 0 Å². The molecule has 138 valence electrons. The first-order valence-corrected chi connectivity index (χ1v) is 8.52. The van der Waals surface area contributed by atoms with Crippen LogP contribution in [0.4, 0.5) is 4.39 Å². The summed E-state index contributed by atoms with van der Waals surface area (Å²) in [5.41, 5.74) is 1.49. The second-order valence-electron chi connectivity index (χ2n) is 5.97. The van der Waals surface area contributed by atoms with Crippen LogP contribution in [0.25, 0.3) is 0 Å². The number of ether oxygens (including phenoxy) is 3. The smallest absolute Gasteiger partial charge is 0.191 e. The van der Waals surface area contributed by atoms with Gasteiger partial charge in [0, 0.05) is 50.9 Å². The minimum Gasteiger partial charge on any atom is -0.467 e. The van der Waals surface area contributed by atoms with Gasteiger partial charge in [0.15, 0.2) is 12.8 Å². The zero-order valence-corrected chi connectivity index (χ0v) is 14.5. The number of hydrogen-bond acceptors (Lipinski definition) is 5. The number of nitrogens with one attached hydrogen (secondary N) is 2. The molecule has 0 amide bonds. The summed E-state index contributed by atoms with van der Waals surface area (Å²) in [4.78, 5) is 6.56. The number of fused-ring (bicyclic) bond motifs is 1. The molecule has 2 N–H and O–H groups in total. The van der Waals surface area contributed by atoms with E-state index in [1.807, 2.05) is 0 Å². The molecule has 8 heteroatoms. The number of morpholine rings is 1. The highest BCUT2D eigenvalue weighted by atomic mass is 19.1. The second-order valence-corrected chi connectivity index (χ2v) is 5.97. The zero-order valence-electron chi connectivity index (χ0n) is 14.5. The minimum atomic E-state index is -0.292. The van der Waals surface area contributed by atoms with Crippen molar-refractivity contribution in [2.24, 2.45) is 4.99 Å². The lowest BCUT2D eigenvalue weighted by Gasteiger charge is -2.26. The third-order valence-electron chi connectivity index (χ3n) is 4.25. The Bertz CT molecular complexity index is 606. The standard InChI is InChI=1S/C17H25FN4O3/c1-19-17(20-2-3-22-4-6-23-7-5-22)21-10-13-8-15(18)9-14-11-24-12-25-16(13)14/h8-9H,2-7,10-12H2,1H3,(H2,19,20,21). The van der Waals surface area contributed by atoms with Gasteiger partial charge >= 0.3 is 0 Å². The number of rotatable bonds is 5. The van der Waals surface area contributed by atoms with E-state index in [-0.39, 0.29) is 12.6 Å². The Hall–Kier alpha value is -1.90. The van der Waals surface area contributed by atoms with E-state index in [2.05, 4.69) is 20.5 Å². The number of nitrogens with zero attached hydrogens (tertiary/aromatic N) is 2. The van der Waals surface area contributed by atoms with E-state index < -0.39 is 0 Å². The predicted molar refractivity (Wildman–Crippen MR) is 92.1 cm³/mol. The Balaban J connectivity index is 1.50. The topological polar surface area (TPSA) is 67.4 Å². The zero-order chi connectivity index (χ0) is 17.5. The third-order valence-corrected chi connectivity index (χ3v) is 4.25. The van der Waals surface area contributed by atoms with Crippen molar-refractivity contribution in [1.82, 2.24) is 15.5 Å². The van der Waals surface area contributed by atoms with Crippen LogP contribution in [0.3, 0.4) is 0 Å². The molecule has 0 radical (unpaired) electrons. The number of aliphatic imine (C=N–C) groups is 1. The second kappa shape index (κ2) is 8.98.